The van der Waals surface area contributed by atoms with Crippen LogP contribution in [0.3, 0.4) is 0 Å². The van der Waals surface area contributed by atoms with Gasteiger partial charge in [-0.1, -0.05) is 40.5 Å². The molecule has 2 unspecified atom stereocenters. The van der Waals surface area contributed by atoms with Crippen LogP contribution in [0.1, 0.15) is 85.5 Å². The molecule has 21 heavy (non-hydrogen) atoms. The van der Waals surface area contributed by atoms with E-state index in [0.29, 0.717) is 17.3 Å². The Bertz CT molecular complexity index is 396. The third-order valence-electron chi connectivity index (χ3n) is 6.20. The summed E-state index contributed by atoms with van der Waals surface area (Å²) in [6.07, 6.45) is 9.07. The fourth-order valence-electron chi connectivity index (χ4n) is 4.70. The Labute approximate surface area is 130 Å². The largest absolute Gasteiger partial charge is 0.388 e. The maximum absolute atomic E-state index is 11.4. The Morgan fingerprint density at radius 1 is 1.14 bits per heavy atom. The molecule has 0 radical (unpaired) electrons. The highest BCUT2D eigenvalue weighted by atomic mass is 16.3. The molecule has 2 saturated carbocycles. The molecule has 2 aliphatic rings. The van der Waals surface area contributed by atoms with Crippen molar-refractivity contribution >= 4 is 0 Å². The molecule has 1 N–H and O–H groups in total. The summed E-state index contributed by atoms with van der Waals surface area (Å²) in [6.45, 7) is 9.11. The molecule has 2 fully saturated rings. The third kappa shape index (κ3) is 3.45. The van der Waals surface area contributed by atoms with Gasteiger partial charge in [-0.15, -0.1) is 0 Å². The van der Waals surface area contributed by atoms with E-state index in [9.17, 15) is 10.4 Å². The van der Waals surface area contributed by atoms with E-state index in [2.05, 4.69) is 33.8 Å². The summed E-state index contributed by atoms with van der Waals surface area (Å²) in [5.41, 5.74) is -0.892. The fraction of sp³-hybridized carbons (Fsp3) is 0.947. The minimum absolute atomic E-state index is 0.336. The number of nitrogens with zero attached hydrogens (tertiary/aromatic N) is 1. The summed E-state index contributed by atoms with van der Waals surface area (Å²) in [4.78, 5) is 0. The molecule has 0 aromatic rings. The highest BCUT2D eigenvalue weighted by molar-refractivity contribution is 5.15. The number of hydrogen-bond acceptors (Lipinski definition) is 2. The first-order chi connectivity index (χ1) is 9.72. The summed E-state index contributed by atoms with van der Waals surface area (Å²) >= 11 is 0. The van der Waals surface area contributed by atoms with Gasteiger partial charge in [-0.05, 0) is 62.2 Å². The summed E-state index contributed by atoms with van der Waals surface area (Å²) in [7, 11) is 0. The Morgan fingerprint density at radius 2 is 1.76 bits per heavy atom. The van der Waals surface area contributed by atoms with Crippen molar-refractivity contribution in [3.05, 3.63) is 0 Å². The van der Waals surface area contributed by atoms with E-state index >= 15 is 0 Å². The van der Waals surface area contributed by atoms with Gasteiger partial charge in [-0.2, -0.15) is 5.26 Å². The molecule has 2 heteroatoms. The van der Waals surface area contributed by atoms with E-state index in [1.54, 1.807) is 0 Å². The summed E-state index contributed by atoms with van der Waals surface area (Å²) in [6, 6.07) is 2.59. The molecule has 0 amide bonds. The molecule has 0 aromatic heterocycles. The average Bonchev–Trinajstić information content (AvgIpc) is 2.38. The van der Waals surface area contributed by atoms with E-state index in [0.717, 1.165) is 44.9 Å². The van der Waals surface area contributed by atoms with E-state index in [1.165, 1.54) is 12.8 Å². The first-order valence-corrected chi connectivity index (χ1v) is 8.86. The normalized spacial score (nSPS) is 35.4. The quantitative estimate of drug-likeness (QED) is 0.789. The Balaban J connectivity index is 2.15. The standard InChI is InChI=1S/C19H33NO/c1-15(2)12-16-6-5-7-19(21,13-16)18(14-20)10-8-17(3,4)9-11-18/h15-16,21H,5-13H2,1-4H3. The van der Waals surface area contributed by atoms with Gasteiger partial charge >= 0.3 is 0 Å². The van der Waals surface area contributed by atoms with Crippen LogP contribution >= 0.6 is 0 Å². The predicted molar refractivity (Wildman–Crippen MR) is 86.7 cm³/mol. The zero-order chi connectivity index (χ0) is 15.7. The maximum atomic E-state index is 11.4. The van der Waals surface area contributed by atoms with Gasteiger partial charge in [0.05, 0.1) is 17.1 Å². The molecule has 0 bridgehead atoms. The highest BCUT2D eigenvalue weighted by Crippen LogP contribution is 2.55. The molecule has 2 rings (SSSR count). The lowest BCUT2D eigenvalue weighted by molar-refractivity contribution is -0.120. The average molecular weight is 291 g/mol. The number of aliphatic hydroxyl groups is 1. The lowest BCUT2D eigenvalue weighted by atomic mass is 9.54. The third-order valence-corrected chi connectivity index (χ3v) is 6.20. The molecule has 0 spiro atoms. The summed E-state index contributed by atoms with van der Waals surface area (Å²) in [5, 5.41) is 21.3. The Morgan fingerprint density at radius 3 is 2.29 bits per heavy atom. The lowest BCUT2D eigenvalue weighted by Crippen LogP contribution is -2.53. The molecule has 0 saturated heterocycles. The van der Waals surface area contributed by atoms with Gasteiger partial charge in [-0.25, -0.2) is 0 Å². The van der Waals surface area contributed by atoms with Crippen LogP contribution in [-0.2, 0) is 0 Å². The van der Waals surface area contributed by atoms with Crippen LogP contribution in [0.5, 0.6) is 0 Å². The molecular formula is C19H33NO. The van der Waals surface area contributed by atoms with Gasteiger partial charge < -0.3 is 5.11 Å². The second kappa shape index (κ2) is 5.92. The lowest BCUT2D eigenvalue weighted by Gasteiger charge is -2.51. The second-order valence-corrected chi connectivity index (χ2v) is 8.98. The molecule has 2 aliphatic carbocycles. The van der Waals surface area contributed by atoms with Crippen molar-refractivity contribution < 1.29 is 5.11 Å². The van der Waals surface area contributed by atoms with Crippen LogP contribution in [0.2, 0.25) is 0 Å². The summed E-state index contributed by atoms with van der Waals surface area (Å²) < 4.78 is 0. The molecular weight excluding hydrogens is 258 g/mol. The second-order valence-electron chi connectivity index (χ2n) is 8.98. The van der Waals surface area contributed by atoms with Gasteiger partial charge in [-0.3, -0.25) is 0 Å². The van der Waals surface area contributed by atoms with Crippen LogP contribution in [0, 0.1) is 34.0 Å². The van der Waals surface area contributed by atoms with Gasteiger partial charge in [0.1, 0.15) is 0 Å². The van der Waals surface area contributed by atoms with E-state index in [1.807, 2.05) is 0 Å². The van der Waals surface area contributed by atoms with Crippen LogP contribution in [0.4, 0.5) is 0 Å². The zero-order valence-corrected chi connectivity index (χ0v) is 14.4. The minimum Gasteiger partial charge on any atom is -0.388 e. The van der Waals surface area contributed by atoms with Crippen molar-refractivity contribution in [2.75, 3.05) is 0 Å². The first kappa shape index (κ1) is 16.8. The van der Waals surface area contributed by atoms with Crippen molar-refractivity contribution in [2.24, 2.45) is 22.7 Å². The number of nitriles is 1. The van der Waals surface area contributed by atoms with E-state index in [-0.39, 0.29) is 0 Å². The summed E-state index contributed by atoms with van der Waals surface area (Å²) in [5.74, 6) is 1.28. The monoisotopic (exact) mass is 291 g/mol. The van der Waals surface area contributed by atoms with E-state index < -0.39 is 11.0 Å². The SMILES string of the molecule is CC(C)CC1CCCC(O)(C2(C#N)CCC(C)(C)CC2)C1. The highest BCUT2D eigenvalue weighted by Gasteiger charge is 2.54. The predicted octanol–water partition coefficient (Wildman–Crippen LogP) is 5.06. The van der Waals surface area contributed by atoms with Gasteiger partial charge in [0, 0.05) is 0 Å². The molecule has 120 valence electrons. The van der Waals surface area contributed by atoms with Crippen molar-refractivity contribution in [2.45, 2.75) is 91.1 Å². The van der Waals surface area contributed by atoms with Crippen molar-refractivity contribution in [3.8, 4) is 6.07 Å². The molecule has 2 nitrogen and oxygen atoms in total. The van der Waals surface area contributed by atoms with Gasteiger partial charge in [0.2, 0.25) is 0 Å². The van der Waals surface area contributed by atoms with Crippen LogP contribution < -0.4 is 0 Å². The molecule has 0 aromatic carbocycles. The molecule has 0 heterocycles. The molecule has 2 atom stereocenters. The van der Waals surface area contributed by atoms with Gasteiger partial charge in [0.15, 0.2) is 0 Å². The Hall–Kier alpha value is -0.550. The number of rotatable bonds is 3. The van der Waals surface area contributed by atoms with Crippen LogP contribution in [0.25, 0.3) is 0 Å². The van der Waals surface area contributed by atoms with Crippen molar-refractivity contribution in [1.82, 2.24) is 0 Å². The van der Waals surface area contributed by atoms with Crippen LogP contribution in [-0.4, -0.2) is 10.7 Å². The topological polar surface area (TPSA) is 44.0 Å². The number of hydrogen-bond donors (Lipinski definition) is 1. The smallest absolute Gasteiger partial charge is 0.0860 e. The fourth-order valence-corrected chi connectivity index (χ4v) is 4.70. The first-order valence-electron chi connectivity index (χ1n) is 8.86. The van der Waals surface area contributed by atoms with Crippen LogP contribution in [0.15, 0.2) is 0 Å². The Kier molecular flexibility index (Phi) is 4.74. The van der Waals surface area contributed by atoms with Gasteiger partial charge in [0.25, 0.3) is 0 Å². The molecule has 0 aliphatic heterocycles. The van der Waals surface area contributed by atoms with Crippen molar-refractivity contribution in [1.29, 1.82) is 5.26 Å². The van der Waals surface area contributed by atoms with E-state index in [4.69, 9.17) is 0 Å². The zero-order valence-electron chi connectivity index (χ0n) is 14.4. The maximum Gasteiger partial charge on any atom is 0.0860 e. The minimum atomic E-state index is -0.740. The van der Waals surface area contributed by atoms with Crippen molar-refractivity contribution in [3.63, 3.8) is 0 Å².